The van der Waals surface area contributed by atoms with Crippen LogP contribution in [0.15, 0.2) is 140 Å². The third-order valence-corrected chi connectivity index (χ3v) is 14.7. The van der Waals surface area contributed by atoms with Crippen molar-refractivity contribution in [2.24, 2.45) is 0 Å². The van der Waals surface area contributed by atoms with Gasteiger partial charge < -0.3 is 4.57 Å². The first-order valence-electron chi connectivity index (χ1n) is 16.1. The van der Waals surface area contributed by atoms with Crippen LogP contribution in [0.3, 0.4) is 0 Å². The van der Waals surface area contributed by atoms with Crippen molar-refractivity contribution in [2.45, 2.75) is 13.1 Å². The Kier molecular flexibility index (Phi) is 5.60. The summed E-state index contributed by atoms with van der Waals surface area (Å²) in [7, 11) is -2.04. The van der Waals surface area contributed by atoms with E-state index in [1.54, 1.807) is 0 Å². The molecule has 222 valence electrons. The second-order valence-electron chi connectivity index (χ2n) is 13.0. The van der Waals surface area contributed by atoms with Gasteiger partial charge in [0.25, 0.3) is 0 Å². The van der Waals surface area contributed by atoms with Crippen molar-refractivity contribution in [3.63, 3.8) is 0 Å². The normalized spacial score (nSPS) is 13.5. The van der Waals surface area contributed by atoms with Gasteiger partial charge in [-0.25, -0.2) is 9.97 Å². The van der Waals surface area contributed by atoms with E-state index in [0.717, 1.165) is 34.0 Å². The maximum Gasteiger partial charge on any atom is 0.162 e. The summed E-state index contributed by atoms with van der Waals surface area (Å²) < 4.78 is 5.08. The van der Waals surface area contributed by atoms with E-state index in [-0.39, 0.29) is 0 Å². The van der Waals surface area contributed by atoms with Gasteiger partial charge in [-0.15, -0.1) is 11.3 Å². The molecule has 47 heavy (non-hydrogen) atoms. The molecule has 0 saturated heterocycles. The van der Waals surface area contributed by atoms with Crippen molar-refractivity contribution >= 4 is 71.8 Å². The fraction of sp³-hybridized carbons (Fsp3) is 0.0476. The highest BCUT2D eigenvalue weighted by Gasteiger charge is 2.41. The van der Waals surface area contributed by atoms with Crippen LogP contribution in [0, 0.1) is 0 Å². The molecule has 0 spiro atoms. The Morgan fingerprint density at radius 3 is 2.11 bits per heavy atom. The van der Waals surface area contributed by atoms with Crippen LogP contribution >= 0.6 is 11.3 Å². The Bertz CT molecular complexity index is 2720. The number of fused-ring (bicyclic) bond motifs is 10. The monoisotopic (exact) mass is 635 g/mol. The first-order chi connectivity index (χ1) is 23.1. The SMILES string of the molecule is C[Si]1(C)c2ccccc2-c2nc(-c3ccccc3-n3c4ccccc4c4c5sc6ccccc6c5ccc43)nc(-c3ccccc3)c21. The van der Waals surface area contributed by atoms with Crippen molar-refractivity contribution in [1.82, 2.24) is 14.5 Å². The molecular weight excluding hydrogens is 607 g/mol. The van der Waals surface area contributed by atoms with Gasteiger partial charge in [-0.1, -0.05) is 122 Å². The molecule has 3 nitrogen and oxygen atoms in total. The van der Waals surface area contributed by atoms with E-state index in [2.05, 4.69) is 157 Å². The van der Waals surface area contributed by atoms with E-state index >= 15 is 0 Å². The van der Waals surface area contributed by atoms with Crippen LogP contribution in [0.4, 0.5) is 0 Å². The summed E-state index contributed by atoms with van der Waals surface area (Å²) in [5.74, 6) is 0.758. The molecule has 0 fully saturated rings. The zero-order valence-electron chi connectivity index (χ0n) is 26.0. The van der Waals surface area contributed by atoms with Crippen LogP contribution in [-0.4, -0.2) is 22.6 Å². The molecule has 5 heteroatoms. The van der Waals surface area contributed by atoms with E-state index in [9.17, 15) is 0 Å². The standard InChI is InChI=1S/C42H29N3SSi/c1-47(2)36-23-13-9-19-31(36)39-41(47)38(26-14-4-3-5-15-26)43-42(44-39)30-18-7-11-21-33(30)45-32-20-10-6-17-29(32)37-34(45)25-24-28-27-16-8-12-22-35(27)46-40(28)37/h3-25H,1-2H3. The second-order valence-corrected chi connectivity index (χ2v) is 18.3. The molecule has 1 aliphatic rings. The molecule has 0 amide bonds. The van der Waals surface area contributed by atoms with Crippen molar-refractivity contribution in [1.29, 1.82) is 0 Å². The fourth-order valence-corrected chi connectivity index (χ4v) is 12.4. The van der Waals surface area contributed by atoms with Crippen LogP contribution in [0.2, 0.25) is 13.1 Å². The van der Waals surface area contributed by atoms with Gasteiger partial charge in [0, 0.05) is 42.1 Å². The molecular formula is C42H29N3SSi. The summed E-state index contributed by atoms with van der Waals surface area (Å²) in [6.07, 6.45) is 0. The number of aromatic nitrogens is 3. The summed E-state index contributed by atoms with van der Waals surface area (Å²) in [6, 6.07) is 50.4. The quantitative estimate of drug-likeness (QED) is 0.181. The van der Waals surface area contributed by atoms with Crippen molar-refractivity contribution in [2.75, 3.05) is 0 Å². The third-order valence-electron chi connectivity index (χ3n) is 10.0. The van der Waals surface area contributed by atoms with E-state index in [1.807, 2.05) is 11.3 Å². The lowest BCUT2D eigenvalue weighted by atomic mass is 10.1. The number of rotatable bonds is 3. The maximum atomic E-state index is 5.49. The summed E-state index contributed by atoms with van der Waals surface area (Å²) in [6.45, 7) is 4.88. The summed E-state index contributed by atoms with van der Waals surface area (Å²) in [5.41, 5.74) is 9.02. The lowest BCUT2D eigenvalue weighted by Crippen LogP contribution is -2.50. The molecule has 3 aromatic heterocycles. The van der Waals surface area contributed by atoms with E-state index < -0.39 is 8.07 Å². The Morgan fingerprint density at radius 1 is 0.553 bits per heavy atom. The zero-order valence-corrected chi connectivity index (χ0v) is 27.8. The minimum Gasteiger partial charge on any atom is -0.308 e. The van der Waals surface area contributed by atoms with Crippen molar-refractivity contribution in [3.8, 4) is 39.6 Å². The molecule has 0 N–H and O–H groups in total. The summed E-state index contributed by atoms with van der Waals surface area (Å²) >= 11 is 1.89. The summed E-state index contributed by atoms with van der Waals surface area (Å²) in [5, 5.41) is 7.95. The van der Waals surface area contributed by atoms with Gasteiger partial charge in [0.05, 0.1) is 28.1 Å². The molecule has 1 aliphatic heterocycles. The molecule has 6 aromatic carbocycles. The topological polar surface area (TPSA) is 30.7 Å². The van der Waals surface area contributed by atoms with Crippen molar-refractivity contribution in [3.05, 3.63) is 140 Å². The molecule has 0 radical (unpaired) electrons. The van der Waals surface area contributed by atoms with Crippen LogP contribution in [-0.2, 0) is 0 Å². The Labute approximate surface area is 277 Å². The van der Waals surface area contributed by atoms with Crippen LogP contribution in [0.25, 0.3) is 81.6 Å². The van der Waals surface area contributed by atoms with Gasteiger partial charge in [-0.2, -0.15) is 0 Å². The predicted octanol–water partition coefficient (Wildman–Crippen LogP) is 10.1. The lowest BCUT2D eigenvalue weighted by molar-refractivity contribution is 1.14. The van der Waals surface area contributed by atoms with Crippen molar-refractivity contribution < 1.29 is 0 Å². The van der Waals surface area contributed by atoms with Gasteiger partial charge in [0.1, 0.15) is 8.07 Å². The van der Waals surface area contributed by atoms with Crippen LogP contribution in [0.1, 0.15) is 0 Å². The molecule has 0 bridgehead atoms. The number of para-hydroxylation sites is 2. The molecule has 10 rings (SSSR count). The van der Waals surface area contributed by atoms with Gasteiger partial charge in [0.2, 0.25) is 0 Å². The third kappa shape index (κ3) is 3.72. The highest BCUT2D eigenvalue weighted by molar-refractivity contribution is 7.26. The smallest absolute Gasteiger partial charge is 0.162 e. The molecule has 0 saturated carbocycles. The Morgan fingerprint density at radius 2 is 1.23 bits per heavy atom. The minimum atomic E-state index is -2.04. The van der Waals surface area contributed by atoms with E-state index in [0.29, 0.717) is 0 Å². The highest BCUT2D eigenvalue weighted by atomic mass is 32.1. The van der Waals surface area contributed by atoms with Crippen LogP contribution in [0.5, 0.6) is 0 Å². The van der Waals surface area contributed by atoms with Gasteiger partial charge >= 0.3 is 0 Å². The summed E-state index contributed by atoms with van der Waals surface area (Å²) in [4.78, 5) is 11.0. The molecule has 9 aromatic rings. The zero-order chi connectivity index (χ0) is 31.3. The number of hydrogen-bond donors (Lipinski definition) is 0. The average Bonchev–Trinajstić information content (AvgIpc) is 3.74. The Balaban J connectivity index is 1.29. The second kappa shape index (κ2) is 9.82. The van der Waals surface area contributed by atoms with E-state index in [4.69, 9.17) is 9.97 Å². The fourth-order valence-electron chi connectivity index (χ4n) is 7.89. The minimum absolute atomic E-state index is 0.758. The molecule has 0 unspecified atom stereocenters. The maximum absolute atomic E-state index is 5.49. The molecule has 0 atom stereocenters. The Hall–Kier alpha value is -5.36. The number of thiophene rings is 1. The van der Waals surface area contributed by atoms with E-state index in [1.165, 1.54) is 57.9 Å². The number of hydrogen-bond acceptors (Lipinski definition) is 3. The first kappa shape index (κ1) is 26.8. The number of nitrogens with zero attached hydrogens (tertiary/aromatic N) is 3. The van der Waals surface area contributed by atoms with Crippen LogP contribution < -0.4 is 10.4 Å². The lowest BCUT2D eigenvalue weighted by Gasteiger charge is -2.22. The molecule has 0 aliphatic carbocycles. The average molecular weight is 636 g/mol. The van der Waals surface area contributed by atoms with Gasteiger partial charge in [0.15, 0.2) is 5.82 Å². The largest absolute Gasteiger partial charge is 0.308 e. The molecule has 4 heterocycles. The van der Waals surface area contributed by atoms with Gasteiger partial charge in [-0.3, -0.25) is 0 Å². The predicted molar refractivity (Wildman–Crippen MR) is 202 cm³/mol. The highest BCUT2D eigenvalue weighted by Crippen LogP contribution is 2.44. The number of benzene rings is 6. The van der Waals surface area contributed by atoms with Gasteiger partial charge in [-0.05, 0) is 46.3 Å². The first-order valence-corrected chi connectivity index (χ1v) is 19.9.